The van der Waals surface area contributed by atoms with Crippen molar-refractivity contribution in [2.24, 2.45) is 0 Å². The van der Waals surface area contributed by atoms with Crippen LogP contribution in [0.15, 0.2) is 0 Å². The van der Waals surface area contributed by atoms with E-state index in [1.165, 1.54) is 0 Å². The zero-order valence-electron chi connectivity index (χ0n) is 55.5. The van der Waals surface area contributed by atoms with Gasteiger partial charge in [0, 0.05) is 20.3 Å². The summed E-state index contributed by atoms with van der Waals surface area (Å²) in [7, 11) is 0. The Morgan fingerprint density at radius 2 is 0.771 bits per heavy atom. The number of rotatable bonds is 29. The summed E-state index contributed by atoms with van der Waals surface area (Å²) in [6.45, 7) is -8.90. The van der Waals surface area contributed by atoms with E-state index in [-0.39, 0.29) is 0 Å². The largest absolute Gasteiger partial charge is 0.477 e. The zero-order chi connectivity index (χ0) is 77.7. The van der Waals surface area contributed by atoms with Gasteiger partial charge in [-0.25, -0.2) is 4.79 Å². The molecule has 8 aliphatic heterocycles. The summed E-state index contributed by atoms with van der Waals surface area (Å²) >= 11 is 0. The molecule has 8 heterocycles. The molecule has 3 amide bonds. The Balaban J connectivity index is 1.10. The number of hydrogen-bond donors (Lipinski definition) is 29. The van der Waals surface area contributed by atoms with E-state index in [0.717, 1.165) is 13.8 Å². The van der Waals surface area contributed by atoms with Gasteiger partial charge in [-0.05, 0) is 0 Å². The van der Waals surface area contributed by atoms with Crippen LogP contribution in [0.1, 0.15) is 20.3 Å². The summed E-state index contributed by atoms with van der Waals surface area (Å²) in [5.74, 6) is -9.12. The molecule has 0 unspecified atom stereocenters. The molecule has 0 aromatic rings. The van der Waals surface area contributed by atoms with Crippen LogP contribution in [0.5, 0.6) is 0 Å². The Morgan fingerprint density at radius 3 is 1.26 bits per heavy atom. The van der Waals surface area contributed by atoms with Crippen LogP contribution in [-0.2, 0) is 90.2 Å². The van der Waals surface area contributed by atoms with E-state index in [9.17, 15) is 152 Å². The molecule has 0 aliphatic carbocycles. The second-order valence-corrected chi connectivity index (χ2v) is 26.0. The molecule has 0 aromatic heterocycles. The third kappa shape index (κ3) is 18.8. The molecule has 8 saturated heterocycles. The normalized spacial score (nSPS) is 47.6. The standard InChI is InChI=1S/C57H95N3O45/c1-13(70)58-26-33(80)41(98-53-39(86)47(32(79)20(8-65)94-53)103-52-37(84)34(81)29(76)17(5-62)93-52)22(10-67)96-50(26)102-46-31(78)19(7-64)95-54(38(46)85)101-44-27(59-14(2)71)51(92-18(6-63)30(44)77)100-43-23(11-68)97-55(99-42-21(9-66)91-49(88)36(83)35(42)82)40(87)48(43)105-57(56(89)90)3-15(72)25(60-24(74)12-69)45(104-57)28(75)16(73)4-61/h15-23,25-55,61-69,72-73,75-88H,3-12H2,1-2H3,(H,58,70)(H,59,71)(H,60,74)(H,89,90)/t15-,16+,17+,18+,19+,20+,21+,22+,23+,25+,26+,27+,28+,29-,30-,31-,32-,33+,34-,35+,36+,37+,38+,39+,40+,41+,42+,43-,44+,45+,46-,47-,48+,49+,50-,51-,52+,53-,54-,55-,57-/m0/s1. The Bertz CT molecular complexity index is 2760. The average Bonchev–Trinajstić information content (AvgIpc) is 0.741. The Kier molecular flexibility index (Phi) is 31.1. The van der Waals surface area contributed by atoms with Crippen LogP contribution in [0, 0.1) is 0 Å². The molecule has 0 aromatic carbocycles. The summed E-state index contributed by atoms with van der Waals surface area (Å²) in [6, 6.07) is -6.08. The Morgan fingerprint density at radius 1 is 0.390 bits per heavy atom. The summed E-state index contributed by atoms with van der Waals surface area (Å²) < 4.78 is 87.3. The Hall–Kier alpha value is -3.72. The van der Waals surface area contributed by atoms with E-state index in [2.05, 4.69) is 16.0 Å². The lowest BCUT2D eigenvalue weighted by Crippen LogP contribution is -2.72. The number of carboxylic acid groups (broad SMARTS) is 1. The lowest BCUT2D eigenvalue weighted by Gasteiger charge is -2.53. The highest BCUT2D eigenvalue weighted by molar-refractivity contribution is 5.78. The van der Waals surface area contributed by atoms with Crippen LogP contribution in [-0.4, -0.2) is 467 Å². The first-order valence-electron chi connectivity index (χ1n) is 32.9. The van der Waals surface area contributed by atoms with Crippen molar-refractivity contribution >= 4 is 23.7 Å². The van der Waals surface area contributed by atoms with Crippen molar-refractivity contribution in [1.82, 2.24) is 16.0 Å². The van der Waals surface area contributed by atoms with Crippen molar-refractivity contribution in [3.05, 3.63) is 0 Å². The van der Waals surface area contributed by atoms with Gasteiger partial charge in [-0.15, -0.1) is 0 Å². The van der Waals surface area contributed by atoms with Crippen LogP contribution in [0.3, 0.4) is 0 Å². The number of aliphatic hydroxyl groups is 25. The van der Waals surface area contributed by atoms with Gasteiger partial charge in [-0.2, -0.15) is 0 Å². The summed E-state index contributed by atoms with van der Waals surface area (Å²) in [6.07, 6.45) is -81.7. The quantitative estimate of drug-likeness (QED) is 0.0331. The highest BCUT2D eigenvalue weighted by Gasteiger charge is 2.64. The first-order valence-corrected chi connectivity index (χ1v) is 32.9. The summed E-state index contributed by atoms with van der Waals surface area (Å²) in [4.78, 5) is 52.5. The number of ether oxygens (including phenoxy) is 15. The van der Waals surface area contributed by atoms with E-state index < -0.39 is 341 Å². The maximum absolute atomic E-state index is 13.7. The molecular formula is C57H95N3O45. The molecule has 0 bridgehead atoms. The molecule has 0 spiro atoms. The van der Waals surface area contributed by atoms with Crippen molar-refractivity contribution in [3.8, 4) is 0 Å². The lowest BCUT2D eigenvalue weighted by molar-refractivity contribution is -0.404. The second kappa shape index (κ2) is 37.5. The molecule has 0 saturated carbocycles. The van der Waals surface area contributed by atoms with Gasteiger partial charge in [0.1, 0.15) is 196 Å². The van der Waals surface area contributed by atoms with Gasteiger partial charge in [-0.3, -0.25) is 14.4 Å². The van der Waals surface area contributed by atoms with Crippen LogP contribution in [0.4, 0.5) is 0 Å². The van der Waals surface area contributed by atoms with Gasteiger partial charge in [0.2, 0.25) is 17.7 Å². The number of aliphatic carboxylic acids is 1. The zero-order valence-corrected chi connectivity index (χ0v) is 55.5. The number of amides is 3. The summed E-state index contributed by atoms with van der Waals surface area (Å²) in [5.41, 5.74) is 0. The van der Waals surface area contributed by atoms with Gasteiger partial charge in [0.15, 0.2) is 44.0 Å². The van der Waals surface area contributed by atoms with E-state index in [0.29, 0.717) is 0 Å². The second-order valence-electron chi connectivity index (χ2n) is 26.0. The van der Waals surface area contributed by atoms with Gasteiger partial charge >= 0.3 is 5.97 Å². The van der Waals surface area contributed by atoms with Gasteiger partial charge in [-0.1, -0.05) is 0 Å². The van der Waals surface area contributed by atoms with Crippen molar-refractivity contribution < 1.29 is 223 Å². The van der Waals surface area contributed by atoms with Crippen molar-refractivity contribution in [2.75, 3.05) is 59.5 Å². The highest BCUT2D eigenvalue weighted by Crippen LogP contribution is 2.42. The number of nitrogens with one attached hydrogen (secondary N) is 3. The smallest absolute Gasteiger partial charge is 0.364 e. The molecule has 29 N–H and O–H groups in total. The lowest BCUT2D eigenvalue weighted by atomic mass is 9.88. The highest BCUT2D eigenvalue weighted by atomic mass is 16.8. The topological polar surface area (TPSA) is 769 Å². The number of carboxylic acids is 1. The maximum Gasteiger partial charge on any atom is 0.364 e. The van der Waals surface area contributed by atoms with Crippen LogP contribution < -0.4 is 16.0 Å². The predicted molar refractivity (Wildman–Crippen MR) is 318 cm³/mol. The maximum atomic E-state index is 13.7. The minimum atomic E-state index is -3.52. The molecule has 48 nitrogen and oxygen atoms in total. The molecule has 41 atom stereocenters. The van der Waals surface area contributed by atoms with Gasteiger partial charge in [0.05, 0.1) is 65.0 Å². The molecule has 0 radical (unpaired) electrons. The van der Waals surface area contributed by atoms with Gasteiger partial charge < -0.3 is 220 Å². The van der Waals surface area contributed by atoms with Crippen LogP contribution in [0.25, 0.3) is 0 Å². The fraction of sp³-hybridized carbons (Fsp3) is 0.930. The average molecular weight is 1540 g/mol. The van der Waals surface area contributed by atoms with E-state index >= 15 is 0 Å². The Labute approximate surface area is 592 Å². The molecule has 8 rings (SSSR count). The van der Waals surface area contributed by atoms with Crippen LogP contribution >= 0.6 is 0 Å². The molecular weight excluding hydrogens is 1450 g/mol. The third-order valence-electron chi connectivity index (χ3n) is 18.9. The molecule has 608 valence electrons. The van der Waals surface area contributed by atoms with Gasteiger partial charge in [0.25, 0.3) is 5.79 Å². The number of aliphatic hydroxyl groups excluding tert-OH is 25. The fourth-order valence-electron chi connectivity index (χ4n) is 13.4. The summed E-state index contributed by atoms with van der Waals surface area (Å²) in [5, 5.41) is 290. The molecule has 8 fully saturated rings. The molecule has 105 heavy (non-hydrogen) atoms. The SMILES string of the molecule is CC(=O)N[C@H]1[C@H](O[C@H]2[C@@H](O)[C@@H](CO)O[C@@H](O[C@H]3[C@@H](O)[C@@H](CO)O[C@@H](O[C@@H]4[C@H](O[C@]5(C(=O)O)C[C@H](O)[C@@H](NC(=O)CO)[C@H]([C@H](O)[C@H](O)CO)O5)[C@@H](O)[C@H](O[C@H]5[C@H](O)[C@@H](O)[C@H](O)O[C@@H]5CO)O[C@@H]4CO)[C@@H]3NC(C)=O)[C@@H]2O)O[C@H](CO)[C@@H](O[C@@H]2O[C@H](CO)[C@H](O)[C@H](O[C@H]3O[C@H](CO)[C@H](O)[C@H](O)[C@H]3O)[C@H]2O)[C@@H]1O. The van der Waals surface area contributed by atoms with Crippen LogP contribution in [0.2, 0.25) is 0 Å². The van der Waals surface area contributed by atoms with Crippen molar-refractivity contribution in [2.45, 2.75) is 271 Å². The first-order chi connectivity index (χ1) is 49.6. The monoisotopic (exact) mass is 1540 g/mol. The number of hydrogen-bond acceptors (Lipinski definition) is 44. The molecule has 48 heteroatoms. The third-order valence-corrected chi connectivity index (χ3v) is 18.9. The number of carbonyl (C=O) groups excluding carboxylic acids is 3. The van der Waals surface area contributed by atoms with Crippen molar-refractivity contribution in [3.63, 3.8) is 0 Å². The van der Waals surface area contributed by atoms with E-state index in [1.807, 2.05) is 0 Å². The fourth-order valence-corrected chi connectivity index (χ4v) is 13.4. The number of carbonyl (C=O) groups is 4. The predicted octanol–water partition coefficient (Wildman–Crippen LogP) is -19.8. The first kappa shape index (κ1) is 86.9. The van der Waals surface area contributed by atoms with Crippen molar-refractivity contribution in [1.29, 1.82) is 0 Å². The van der Waals surface area contributed by atoms with E-state index in [4.69, 9.17) is 71.1 Å². The minimum Gasteiger partial charge on any atom is -0.477 e. The van der Waals surface area contributed by atoms with E-state index in [1.54, 1.807) is 0 Å². The minimum absolute atomic E-state index is 0.861. The molecule has 8 aliphatic rings.